The van der Waals surface area contributed by atoms with Crippen LogP contribution in [0.5, 0.6) is 17.2 Å². The summed E-state index contributed by atoms with van der Waals surface area (Å²) in [7, 11) is 3.36. The Labute approximate surface area is 176 Å². The second-order valence-electron chi connectivity index (χ2n) is 7.62. The molecule has 1 saturated heterocycles. The molecule has 0 saturated carbocycles. The zero-order chi connectivity index (χ0) is 20.9. The molecule has 2 rings (SSSR count). The van der Waals surface area contributed by atoms with Crippen molar-refractivity contribution in [1.29, 1.82) is 5.26 Å². The second kappa shape index (κ2) is 13.3. The van der Waals surface area contributed by atoms with Gasteiger partial charge in [-0.25, -0.2) is 0 Å². The highest BCUT2D eigenvalue weighted by molar-refractivity contribution is 5.53. The molecule has 0 amide bonds. The van der Waals surface area contributed by atoms with Gasteiger partial charge in [0, 0.05) is 45.7 Å². The largest absolute Gasteiger partial charge is 0.493 e. The van der Waals surface area contributed by atoms with Crippen LogP contribution < -0.4 is 14.2 Å². The summed E-state index contributed by atoms with van der Waals surface area (Å²) in [5.41, 5.74) is 1.17. The van der Waals surface area contributed by atoms with E-state index in [4.69, 9.17) is 19.5 Å². The van der Waals surface area contributed by atoms with Gasteiger partial charge in [-0.3, -0.25) is 9.80 Å². The van der Waals surface area contributed by atoms with E-state index >= 15 is 0 Å². The molecule has 1 aromatic rings. The molecule has 1 heterocycles. The highest BCUT2D eigenvalue weighted by atomic mass is 16.5. The summed E-state index contributed by atoms with van der Waals surface area (Å²) in [5, 5.41) is 8.75. The molecule has 0 aromatic heterocycles. The molecular formula is C23H37N3O3. The lowest BCUT2D eigenvalue weighted by molar-refractivity contribution is 0.129. The van der Waals surface area contributed by atoms with Crippen LogP contribution in [0.1, 0.15) is 51.0 Å². The number of benzene rings is 1. The highest BCUT2D eigenvalue weighted by Gasteiger charge is 2.19. The number of piperazine rings is 1. The van der Waals surface area contributed by atoms with Crippen LogP contribution in [0.2, 0.25) is 0 Å². The van der Waals surface area contributed by atoms with E-state index in [9.17, 15) is 0 Å². The average molecular weight is 404 g/mol. The number of hydrogen-bond acceptors (Lipinski definition) is 6. The fraction of sp³-hybridized carbons (Fsp3) is 0.696. The van der Waals surface area contributed by atoms with E-state index in [2.05, 4.69) is 34.9 Å². The third-order valence-corrected chi connectivity index (χ3v) is 5.43. The normalized spacial score (nSPS) is 15.1. The van der Waals surface area contributed by atoms with E-state index in [1.807, 2.05) is 0 Å². The Morgan fingerprint density at radius 1 is 0.931 bits per heavy atom. The number of unbranched alkanes of at least 4 members (excludes halogenated alkanes) is 4. The third kappa shape index (κ3) is 7.75. The van der Waals surface area contributed by atoms with Gasteiger partial charge in [0.25, 0.3) is 0 Å². The Balaban J connectivity index is 1.92. The summed E-state index contributed by atoms with van der Waals surface area (Å²) >= 11 is 0. The van der Waals surface area contributed by atoms with Crippen molar-refractivity contribution in [3.63, 3.8) is 0 Å². The molecule has 0 spiro atoms. The first-order valence-electron chi connectivity index (χ1n) is 10.9. The molecule has 1 aromatic carbocycles. The number of hydrogen-bond donors (Lipinski definition) is 0. The third-order valence-electron chi connectivity index (χ3n) is 5.43. The van der Waals surface area contributed by atoms with Crippen LogP contribution in [0.25, 0.3) is 0 Å². The first-order valence-corrected chi connectivity index (χ1v) is 10.9. The molecule has 0 radical (unpaired) electrons. The van der Waals surface area contributed by atoms with Gasteiger partial charge >= 0.3 is 0 Å². The summed E-state index contributed by atoms with van der Waals surface area (Å²) in [5.74, 6) is 2.18. The standard InChI is InChI=1S/C23H37N3O3/c1-4-5-6-7-8-16-29-23-21(27-2)17-20(18-22(23)28-3)19-26-14-12-25(13-15-26)11-9-10-24/h17-18H,4-9,11-16,19H2,1-3H3. The molecule has 0 bridgehead atoms. The smallest absolute Gasteiger partial charge is 0.203 e. The van der Waals surface area contributed by atoms with Gasteiger partial charge in [-0.1, -0.05) is 32.6 Å². The van der Waals surface area contributed by atoms with Crippen LogP contribution in [0.15, 0.2) is 12.1 Å². The number of rotatable bonds is 13. The number of nitriles is 1. The van der Waals surface area contributed by atoms with Crippen LogP contribution in [0.4, 0.5) is 0 Å². The van der Waals surface area contributed by atoms with Crippen LogP contribution in [0.3, 0.4) is 0 Å². The van der Waals surface area contributed by atoms with Gasteiger partial charge in [0.05, 0.1) is 26.9 Å². The van der Waals surface area contributed by atoms with Gasteiger partial charge in [-0.2, -0.15) is 5.26 Å². The summed E-state index contributed by atoms with van der Waals surface area (Å²) in [6.07, 6.45) is 6.64. The predicted octanol–water partition coefficient (Wildman–Crippen LogP) is 4.08. The monoisotopic (exact) mass is 403 g/mol. The zero-order valence-corrected chi connectivity index (χ0v) is 18.4. The van der Waals surface area contributed by atoms with E-state index in [0.29, 0.717) is 18.8 Å². The molecule has 6 heteroatoms. The average Bonchev–Trinajstić information content (AvgIpc) is 2.75. The van der Waals surface area contributed by atoms with Crippen molar-refractivity contribution in [3.05, 3.63) is 17.7 Å². The lowest BCUT2D eigenvalue weighted by Crippen LogP contribution is -2.46. The van der Waals surface area contributed by atoms with Crippen molar-refractivity contribution in [1.82, 2.24) is 9.80 Å². The van der Waals surface area contributed by atoms with E-state index in [1.54, 1.807) is 14.2 Å². The summed E-state index contributed by atoms with van der Waals surface area (Å²) in [6, 6.07) is 6.36. The fourth-order valence-electron chi connectivity index (χ4n) is 3.68. The first kappa shape index (κ1) is 23.3. The Morgan fingerprint density at radius 3 is 2.14 bits per heavy atom. The second-order valence-corrected chi connectivity index (χ2v) is 7.62. The molecule has 1 fully saturated rings. The lowest BCUT2D eigenvalue weighted by atomic mass is 10.1. The maximum atomic E-state index is 8.75. The van der Waals surface area contributed by atoms with E-state index in [-0.39, 0.29) is 0 Å². The minimum atomic E-state index is 0.606. The highest BCUT2D eigenvalue weighted by Crippen LogP contribution is 2.39. The van der Waals surface area contributed by atoms with Gasteiger partial charge in [0.15, 0.2) is 11.5 Å². The number of nitrogens with zero attached hydrogens (tertiary/aromatic N) is 3. The molecule has 1 aliphatic heterocycles. The van der Waals surface area contributed by atoms with Crippen molar-refractivity contribution in [2.75, 3.05) is 53.6 Å². The molecule has 29 heavy (non-hydrogen) atoms. The van der Waals surface area contributed by atoms with E-state index < -0.39 is 0 Å². The Kier molecular flexibility index (Phi) is 10.7. The van der Waals surface area contributed by atoms with Gasteiger partial charge in [-0.15, -0.1) is 0 Å². The zero-order valence-electron chi connectivity index (χ0n) is 18.4. The Bertz CT molecular complexity index is 612. The van der Waals surface area contributed by atoms with Crippen molar-refractivity contribution in [2.45, 2.75) is 52.0 Å². The molecule has 0 unspecified atom stereocenters. The maximum absolute atomic E-state index is 8.75. The van der Waals surface area contributed by atoms with Gasteiger partial charge < -0.3 is 14.2 Å². The van der Waals surface area contributed by atoms with Crippen LogP contribution in [0, 0.1) is 11.3 Å². The van der Waals surface area contributed by atoms with E-state index in [0.717, 1.165) is 57.2 Å². The molecule has 1 aliphatic rings. The van der Waals surface area contributed by atoms with Crippen molar-refractivity contribution in [2.24, 2.45) is 0 Å². The van der Waals surface area contributed by atoms with Crippen molar-refractivity contribution in [3.8, 4) is 23.3 Å². The van der Waals surface area contributed by atoms with Crippen LogP contribution in [-0.2, 0) is 6.54 Å². The molecule has 0 atom stereocenters. The van der Waals surface area contributed by atoms with Gasteiger partial charge in [0.1, 0.15) is 0 Å². The van der Waals surface area contributed by atoms with E-state index in [1.165, 1.54) is 31.2 Å². The number of ether oxygens (including phenoxy) is 3. The summed E-state index contributed by atoms with van der Waals surface area (Å²) < 4.78 is 17.3. The summed E-state index contributed by atoms with van der Waals surface area (Å²) in [4.78, 5) is 4.80. The minimum absolute atomic E-state index is 0.606. The quantitative estimate of drug-likeness (QED) is 0.463. The van der Waals surface area contributed by atoms with Crippen LogP contribution in [-0.4, -0.2) is 63.4 Å². The Hall–Kier alpha value is -1.97. The minimum Gasteiger partial charge on any atom is -0.493 e. The molecular weight excluding hydrogens is 366 g/mol. The molecule has 6 nitrogen and oxygen atoms in total. The van der Waals surface area contributed by atoms with Crippen LogP contribution >= 0.6 is 0 Å². The predicted molar refractivity (Wildman–Crippen MR) is 116 cm³/mol. The van der Waals surface area contributed by atoms with Crippen molar-refractivity contribution >= 4 is 0 Å². The summed E-state index contributed by atoms with van der Waals surface area (Å²) in [6.45, 7) is 8.66. The van der Waals surface area contributed by atoms with Gasteiger partial charge in [-0.05, 0) is 24.1 Å². The van der Waals surface area contributed by atoms with Crippen molar-refractivity contribution < 1.29 is 14.2 Å². The van der Waals surface area contributed by atoms with Gasteiger partial charge in [0.2, 0.25) is 5.75 Å². The molecule has 0 aliphatic carbocycles. The first-order chi connectivity index (χ1) is 14.2. The lowest BCUT2D eigenvalue weighted by Gasteiger charge is -2.34. The SMILES string of the molecule is CCCCCCCOc1c(OC)cc(CN2CCN(CCC#N)CC2)cc1OC. The topological polar surface area (TPSA) is 58.0 Å². The maximum Gasteiger partial charge on any atom is 0.203 e. The fourth-order valence-corrected chi connectivity index (χ4v) is 3.68. The molecule has 162 valence electrons. The Morgan fingerprint density at radius 2 is 1.55 bits per heavy atom. The molecule has 0 N–H and O–H groups in total. The number of methoxy groups -OCH3 is 2.